The fourth-order valence-corrected chi connectivity index (χ4v) is 4.08. The summed E-state index contributed by atoms with van der Waals surface area (Å²) in [6.07, 6.45) is 2.11. The molecule has 3 heterocycles. The summed E-state index contributed by atoms with van der Waals surface area (Å²) in [6.45, 7) is 6.83. The van der Waals surface area contributed by atoms with Gasteiger partial charge in [-0.15, -0.1) is 11.3 Å². The van der Waals surface area contributed by atoms with E-state index in [4.69, 9.17) is 4.74 Å². The lowest BCUT2D eigenvalue weighted by atomic mass is 10.2. The number of aromatic amines is 1. The van der Waals surface area contributed by atoms with Crippen molar-refractivity contribution in [3.05, 3.63) is 39.6 Å². The first-order valence-electron chi connectivity index (χ1n) is 8.91. The van der Waals surface area contributed by atoms with Crippen molar-refractivity contribution in [1.29, 1.82) is 0 Å². The normalized spacial score (nSPS) is 17.3. The molecule has 2 N–H and O–H groups in total. The summed E-state index contributed by atoms with van der Waals surface area (Å²) in [5.74, 6) is 1.06. The smallest absolute Gasteiger partial charge is 0.267 e. The van der Waals surface area contributed by atoms with E-state index in [9.17, 15) is 4.79 Å². The molecule has 0 spiro atoms. The molecule has 7 heteroatoms. The molecule has 0 aliphatic carbocycles. The summed E-state index contributed by atoms with van der Waals surface area (Å²) in [5.41, 5.74) is 3.30. The largest absolute Gasteiger partial charge is 0.370 e. The van der Waals surface area contributed by atoms with Gasteiger partial charge in [0.05, 0.1) is 21.7 Å². The van der Waals surface area contributed by atoms with Crippen molar-refractivity contribution in [2.45, 2.75) is 45.6 Å². The molecule has 1 saturated heterocycles. The maximum absolute atomic E-state index is 12.6. The zero-order valence-electron chi connectivity index (χ0n) is 15.1. The van der Waals surface area contributed by atoms with Crippen LogP contribution in [0.15, 0.2) is 18.2 Å². The molecular formula is C19H22N4O2S. The van der Waals surface area contributed by atoms with E-state index >= 15 is 0 Å². The van der Waals surface area contributed by atoms with Crippen molar-refractivity contribution < 1.29 is 9.53 Å². The van der Waals surface area contributed by atoms with Crippen LogP contribution in [-0.2, 0) is 4.74 Å². The van der Waals surface area contributed by atoms with Crippen LogP contribution in [0.2, 0.25) is 0 Å². The second kappa shape index (κ2) is 6.81. The van der Waals surface area contributed by atoms with Gasteiger partial charge in [-0.25, -0.2) is 9.97 Å². The molecule has 6 nitrogen and oxygen atoms in total. The molecule has 2 aromatic heterocycles. The number of aryl methyl sites for hydroxylation is 1. The standard InChI is InChI=1S/C19H22N4O2S/c1-10(2)19-20-11(3)16(26-19)18(24)21-12-6-7-13-14(9-12)23-17(22-13)15-5-4-8-25-15/h6-7,9-10,15H,4-5,8H2,1-3H3,(H,21,24)(H,22,23)/t15-/m0/s1. The van der Waals surface area contributed by atoms with Crippen molar-refractivity contribution >= 4 is 34.0 Å². The highest BCUT2D eigenvalue weighted by molar-refractivity contribution is 7.14. The third-order valence-electron chi connectivity index (χ3n) is 4.51. The van der Waals surface area contributed by atoms with Gasteiger partial charge < -0.3 is 15.0 Å². The van der Waals surface area contributed by atoms with Gasteiger partial charge in [0, 0.05) is 18.2 Å². The fraction of sp³-hybridized carbons (Fsp3) is 0.421. The number of H-pyrrole nitrogens is 1. The summed E-state index contributed by atoms with van der Waals surface area (Å²) < 4.78 is 5.69. The number of aromatic nitrogens is 3. The van der Waals surface area contributed by atoms with Gasteiger partial charge in [-0.3, -0.25) is 4.79 Å². The maximum atomic E-state index is 12.6. The number of fused-ring (bicyclic) bond motifs is 1. The molecule has 1 aliphatic rings. The molecule has 4 rings (SSSR count). The molecule has 1 amide bonds. The Labute approximate surface area is 156 Å². The third kappa shape index (κ3) is 3.24. The minimum absolute atomic E-state index is 0.0507. The van der Waals surface area contributed by atoms with Gasteiger partial charge in [-0.05, 0) is 38.0 Å². The van der Waals surface area contributed by atoms with Gasteiger partial charge in [0.25, 0.3) is 5.91 Å². The van der Waals surface area contributed by atoms with Crippen molar-refractivity contribution in [2.75, 3.05) is 11.9 Å². The Morgan fingerprint density at radius 1 is 1.38 bits per heavy atom. The number of carbonyl (C=O) groups excluding carboxylic acids is 1. The SMILES string of the molecule is Cc1nc(C(C)C)sc1C(=O)Nc1ccc2nc([C@@H]3CCCO3)[nH]c2c1. The minimum Gasteiger partial charge on any atom is -0.370 e. The highest BCUT2D eigenvalue weighted by Crippen LogP contribution is 2.29. The van der Waals surface area contributed by atoms with Gasteiger partial charge >= 0.3 is 0 Å². The molecule has 0 bridgehead atoms. The average molecular weight is 370 g/mol. The Morgan fingerprint density at radius 2 is 2.23 bits per heavy atom. The molecule has 0 radical (unpaired) electrons. The number of hydrogen-bond donors (Lipinski definition) is 2. The number of ether oxygens (including phenoxy) is 1. The van der Waals surface area contributed by atoms with Crippen molar-refractivity contribution in [1.82, 2.24) is 15.0 Å². The summed E-state index contributed by atoms with van der Waals surface area (Å²) in [7, 11) is 0. The Hall–Kier alpha value is -2.25. The first-order chi connectivity index (χ1) is 12.5. The number of anilines is 1. The van der Waals surface area contributed by atoms with Gasteiger partial charge in [-0.1, -0.05) is 13.8 Å². The number of imidazole rings is 1. The predicted octanol–water partition coefficient (Wildman–Crippen LogP) is 4.56. The molecule has 1 aliphatic heterocycles. The third-order valence-corrected chi connectivity index (χ3v) is 5.96. The van der Waals surface area contributed by atoms with E-state index < -0.39 is 0 Å². The zero-order chi connectivity index (χ0) is 18.3. The van der Waals surface area contributed by atoms with Gasteiger partial charge in [0.15, 0.2) is 0 Å². The van der Waals surface area contributed by atoms with E-state index in [1.54, 1.807) is 0 Å². The zero-order valence-corrected chi connectivity index (χ0v) is 15.9. The molecule has 3 aromatic rings. The van der Waals surface area contributed by atoms with Crippen molar-refractivity contribution in [3.63, 3.8) is 0 Å². The number of thiazole rings is 1. The van der Waals surface area contributed by atoms with E-state index in [1.165, 1.54) is 11.3 Å². The number of amides is 1. The van der Waals surface area contributed by atoms with Gasteiger partial charge in [0.2, 0.25) is 0 Å². The summed E-state index contributed by atoms with van der Waals surface area (Å²) in [5, 5.41) is 3.96. The van der Waals surface area contributed by atoms with E-state index in [1.807, 2.05) is 25.1 Å². The Morgan fingerprint density at radius 3 is 2.92 bits per heavy atom. The molecule has 0 unspecified atom stereocenters. The number of nitrogens with zero attached hydrogens (tertiary/aromatic N) is 2. The van der Waals surface area contributed by atoms with Crippen LogP contribution in [0.3, 0.4) is 0 Å². The Bertz CT molecular complexity index is 954. The average Bonchev–Trinajstić information content (AvgIpc) is 3.32. The number of carbonyl (C=O) groups is 1. The number of benzene rings is 1. The van der Waals surface area contributed by atoms with Crippen LogP contribution in [0, 0.1) is 6.92 Å². The summed E-state index contributed by atoms with van der Waals surface area (Å²) in [4.78, 5) is 25.7. The minimum atomic E-state index is -0.120. The van der Waals surface area contributed by atoms with E-state index in [2.05, 4.69) is 34.1 Å². The summed E-state index contributed by atoms with van der Waals surface area (Å²) >= 11 is 1.46. The molecule has 136 valence electrons. The van der Waals surface area contributed by atoms with Crippen LogP contribution in [0.1, 0.15) is 64.9 Å². The van der Waals surface area contributed by atoms with Crippen LogP contribution in [0.25, 0.3) is 11.0 Å². The first-order valence-corrected chi connectivity index (χ1v) is 9.73. The second-order valence-corrected chi connectivity index (χ2v) is 7.96. The highest BCUT2D eigenvalue weighted by Gasteiger charge is 2.21. The lowest BCUT2D eigenvalue weighted by Crippen LogP contribution is -2.11. The molecule has 1 atom stereocenters. The van der Waals surface area contributed by atoms with Crippen molar-refractivity contribution in [2.24, 2.45) is 0 Å². The lowest BCUT2D eigenvalue weighted by molar-refractivity contribution is 0.102. The van der Waals surface area contributed by atoms with Gasteiger partial charge in [0.1, 0.15) is 16.8 Å². The number of hydrogen-bond acceptors (Lipinski definition) is 5. The molecule has 26 heavy (non-hydrogen) atoms. The van der Waals surface area contributed by atoms with Crippen LogP contribution in [0.4, 0.5) is 5.69 Å². The quantitative estimate of drug-likeness (QED) is 0.706. The van der Waals surface area contributed by atoms with Gasteiger partial charge in [-0.2, -0.15) is 0 Å². The fourth-order valence-electron chi connectivity index (χ4n) is 3.12. The van der Waals surface area contributed by atoms with Crippen LogP contribution in [0.5, 0.6) is 0 Å². The predicted molar refractivity (Wildman–Crippen MR) is 103 cm³/mol. The Balaban J connectivity index is 1.56. The first kappa shape index (κ1) is 17.2. The Kier molecular flexibility index (Phi) is 4.50. The molecule has 0 saturated carbocycles. The molecule has 1 fully saturated rings. The van der Waals surface area contributed by atoms with Crippen LogP contribution >= 0.6 is 11.3 Å². The molecular weight excluding hydrogens is 348 g/mol. The number of nitrogens with one attached hydrogen (secondary N) is 2. The summed E-state index contributed by atoms with van der Waals surface area (Å²) in [6, 6.07) is 5.71. The van der Waals surface area contributed by atoms with Crippen LogP contribution < -0.4 is 5.32 Å². The van der Waals surface area contributed by atoms with E-state index in [0.717, 1.165) is 52.7 Å². The lowest BCUT2D eigenvalue weighted by Gasteiger charge is -2.04. The highest BCUT2D eigenvalue weighted by atomic mass is 32.1. The number of rotatable bonds is 4. The monoisotopic (exact) mass is 370 g/mol. The second-order valence-electron chi connectivity index (χ2n) is 6.93. The van der Waals surface area contributed by atoms with Crippen molar-refractivity contribution in [3.8, 4) is 0 Å². The van der Waals surface area contributed by atoms with E-state index in [0.29, 0.717) is 10.8 Å². The van der Waals surface area contributed by atoms with Crippen LogP contribution in [-0.4, -0.2) is 27.5 Å². The topological polar surface area (TPSA) is 79.9 Å². The molecule has 1 aromatic carbocycles. The maximum Gasteiger partial charge on any atom is 0.267 e. The van der Waals surface area contributed by atoms with E-state index in [-0.39, 0.29) is 12.0 Å².